The summed E-state index contributed by atoms with van der Waals surface area (Å²) in [6.07, 6.45) is 10.9. The predicted molar refractivity (Wildman–Crippen MR) is 110 cm³/mol. The van der Waals surface area contributed by atoms with Gasteiger partial charge in [0.25, 0.3) is 0 Å². The fraction of sp³-hybridized carbons (Fsp3) is 0.409. The summed E-state index contributed by atoms with van der Waals surface area (Å²) in [6, 6.07) is 6.36. The zero-order valence-corrected chi connectivity index (χ0v) is 16.5. The van der Waals surface area contributed by atoms with E-state index in [9.17, 15) is 4.79 Å². The average molecular weight is 360 g/mol. The molecule has 0 fully saturated rings. The highest BCUT2D eigenvalue weighted by atomic mass is 16.4. The second kappa shape index (κ2) is 13.9. The Balaban J connectivity index is 0.000000531. The number of carboxylic acids is 1. The Morgan fingerprint density at radius 2 is 1.50 bits per heavy atom. The lowest BCUT2D eigenvalue weighted by Crippen LogP contribution is -2.00. The van der Waals surface area contributed by atoms with E-state index >= 15 is 0 Å². The molecule has 0 bridgehead atoms. The molecule has 26 heavy (non-hydrogen) atoms. The molecule has 0 aliphatic carbocycles. The zero-order chi connectivity index (χ0) is 19.9. The van der Waals surface area contributed by atoms with Gasteiger partial charge >= 0.3 is 5.97 Å². The third kappa shape index (κ3) is 12.1. The lowest BCUT2D eigenvalue weighted by molar-refractivity contribution is 0.0698. The lowest BCUT2D eigenvalue weighted by atomic mass is 10.1. The van der Waals surface area contributed by atoms with Crippen LogP contribution in [0.2, 0.25) is 0 Å². The molecule has 1 aromatic rings. The topological polar surface area (TPSA) is 83.5 Å². The van der Waals surface area contributed by atoms with Gasteiger partial charge in [0.2, 0.25) is 0 Å². The molecule has 4 heteroatoms. The number of nitrogen functional groups attached to an aromatic ring is 1. The molecule has 0 aliphatic heterocycles. The van der Waals surface area contributed by atoms with E-state index < -0.39 is 5.97 Å². The SMILES string of the molecule is CC(C)=CCCC(C)=CCCC(C)=CCO.Nc1ccccc1C(=O)O. The molecule has 0 saturated carbocycles. The molecule has 144 valence electrons. The summed E-state index contributed by atoms with van der Waals surface area (Å²) in [6.45, 7) is 8.71. The minimum Gasteiger partial charge on any atom is -0.478 e. The Kier molecular flexibility index (Phi) is 12.7. The number of hydrogen-bond acceptors (Lipinski definition) is 3. The molecule has 0 heterocycles. The quantitative estimate of drug-likeness (QED) is 0.431. The number of nitrogens with two attached hydrogens (primary N) is 1. The molecule has 4 N–H and O–H groups in total. The third-order valence-corrected chi connectivity index (χ3v) is 3.75. The Morgan fingerprint density at radius 3 is 1.96 bits per heavy atom. The molecule has 0 atom stereocenters. The van der Waals surface area contributed by atoms with Crippen LogP contribution in [0, 0.1) is 0 Å². The summed E-state index contributed by atoms with van der Waals surface area (Å²) in [5.41, 5.74) is 9.94. The Hall–Kier alpha value is -2.33. The van der Waals surface area contributed by atoms with Crippen LogP contribution in [0.3, 0.4) is 0 Å². The minimum atomic E-state index is -0.988. The van der Waals surface area contributed by atoms with Crippen molar-refractivity contribution in [1.29, 1.82) is 0 Å². The highest BCUT2D eigenvalue weighted by Crippen LogP contribution is 2.11. The number of carbonyl (C=O) groups is 1. The van der Waals surface area contributed by atoms with E-state index in [-0.39, 0.29) is 12.2 Å². The van der Waals surface area contributed by atoms with Gasteiger partial charge in [-0.15, -0.1) is 0 Å². The van der Waals surface area contributed by atoms with Crippen molar-refractivity contribution in [1.82, 2.24) is 0 Å². The van der Waals surface area contributed by atoms with Crippen molar-refractivity contribution in [2.24, 2.45) is 0 Å². The summed E-state index contributed by atoms with van der Waals surface area (Å²) in [5.74, 6) is -0.988. The van der Waals surface area contributed by atoms with Crippen LogP contribution in [0.1, 0.15) is 63.7 Å². The number of carboxylic acid groups (broad SMARTS) is 1. The van der Waals surface area contributed by atoms with Crippen LogP contribution in [0.4, 0.5) is 5.69 Å². The van der Waals surface area contributed by atoms with E-state index in [1.54, 1.807) is 18.2 Å². The van der Waals surface area contributed by atoms with Crippen molar-refractivity contribution < 1.29 is 15.0 Å². The van der Waals surface area contributed by atoms with Crippen LogP contribution in [0.5, 0.6) is 0 Å². The summed E-state index contributed by atoms with van der Waals surface area (Å²) in [7, 11) is 0. The van der Waals surface area contributed by atoms with Gasteiger partial charge in [-0.05, 0) is 65.5 Å². The molecule has 0 unspecified atom stereocenters. The maximum Gasteiger partial charge on any atom is 0.337 e. The molecule has 0 aromatic heterocycles. The van der Waals surface area contributed by atoms with Gasteiger partial charge in [-0.1, -0.05) is 47.1 Å². The number of rotatable bonds is 8. The van der Waals surface area contributed by atoms with E-state index in [0.29, 0.717) is 5.69 Å². The average Bonchev–Trinajstić information content (AvgIpc) is 2.55. The maximum atomic E-state index is 10.3. The van der Waals surface area contributed by atoms with Gasteiger partial charge in [-0.25, -0.2) is 4.79 Å². The van der Waals surface area contributed by atoms with Crippen molar-refractivity contribution in [2.75, 3.05) is 12.3 Å². The Bertz CT molecular complexity index is 639. The summed E-state index contributed by atoms with van der Waals surface area (Å²) in [4.78, 5) is 10.3. The van der Waals surface area contributed by atoms with Crippen LogP contribution in [0.15, 0.2) is 59.2 Å². The highest BCUT2D eigenvalue weighted by Gasteiger charge is 2.03. The molecule has 0 amide bonds. The normalized spacial score (nSPS) is 11.4. The van der Waals surface area contributed by atoms with Gasteiger partial charge < -0.3 is 15.9 Å². The molecular formula is C22H33NO3. The number of para-hydroxylation sites is 1. The fourth-order valence-electron chi connectivity index (χ4n) is 2.19. The third-order valence-electron chi connectivity index (χ3n) is 3.75. The largest absolute Gasteiger partial charge is 0.478 e. The van der Waals surface area contributed by atoms with Crippen LogP contribution >= 0.6 is 0 Å². The van der Waals surface area contributed by atoms with Crippen molar-refractivity contribution in [3.8, 4) is 0 Å². The maximum absolute atomic E-state index is 10.3. The van der Waals surface area contributed by atoms with E-state index in [2.05, 4.69) is 39.8 Å². The second-order valence-corrected chi connectivity index (χ2v) is 6.53. The van der Waals surface area contributed by atoms with Gasteiger partial charge in [0.1, 0.15) is 0 Å². The van der Waals surface area contributed by atoms with Gasteiger partial charge in [-0.3, -0.25) is 0 Å². The van der Waals surface area contributed by atoms with Crippen molar-refractivity contribution in [2.45, 2.75) is 53.4 Å². The van der Waals surface area contributed by atoms with E-state index in [4.69, 9.17) is 15.9 Å². The first-order valence-electron chi connectivity index (χ1n) is 8.91. The fourth-order valence-corrected chi connectivity index (χ4v) is 2.19. The monoisotopic (exact) mass is 359 g/mol. The van der Waals surface area contributed by atoms with Gasteiger partial charge in [0.15, 0.2) is 0 Å². The van der Waals surface area contributed by atoms with Gasteiger partial charge in [0.05, 0.1) is 12.2 Å². The first-order valence-corrected chi connectivity index (χ1v) is 8.91. The lowest BCUT2D eigenvalue weighted by Gasteiger charge is -2.00. The van der Waals surface area contributed by atoms with Gasteiger partial charge in [-0.2, -0.15) is 0 Å². The minimum absolute atomic E-state index is 0.155. The predicted octanol–water partition coefficient (Wildman–Crippen LogP) is 5.36. The van der Waals surface area contributed by atoms with E-state index in [0.717, 1.165) is 25.7 Å². The summed E-state index contributed by atoms with van der Waals surface area (Å²) in [5, 5.41) is 17.2. The van der Waals surface area contributed by atoms with Gasteiger partial charge in [0, 0.05) is 5.69 Å². The number of hydrogen-bond donors (Lipinski definition) is 3. The zero-order valence-electron chi connectivity index (χ0n) is 16.5. The molecule has 1 aromatic carbocycles. The Morgan fingerprint density at radius 1 is 0.962 bits per heavy atom. The smallest absolute Gasteiger partial charge is 0.337 e. The van der Waals surface area contributed by atoms with Crippen LogP contribution < -0.4 is 5.73 Å². The highest BCUT2D eigenvalue weighted by molar-refractivity contribution is 5.93. The van der Waals surface area contributed by atoms with Crippen LogP contribution in [0.25, 0.3) is 0 Å². The van der Waals surface area contributed by atoms with E-state index in [1.165, 1.54) is 22.8 Å². The molecule has 0 radical (unpaired) electrons. The molecule has 0 aliphatic rings. The first-order chi connectivity index (χ1) is 12.3. The van der Waals surface area contributed by atoms with Crippen LogP contribution in [-0.4, -0.2) is 22.8 Å². The second-order valence-electron chi connectivity index (χ2n) is 6.53. The molecule has 0 spiro atoms. The number of anilines is 1. The standard InChI is InChI=1S/C15H26O.C7H7NO2/c1-13(2)7-5-8-14(3)9-6-10-15(4)11-12-16;8-6-4-2-1-3-5(6)7(9)10/h7,9,11,16H,5-6,8,10,12H2,1-4H3;1-4H,8H2,(H,9,10). The molecular weight excluding hydrogens is 326 g/mol. The van der Waals surface area contributed by atoms with Crippen molar-refractivity contribution in [3.05, 3.63) is 64.8 Å². The first kappa shape index (κ1) is 23.7. The number of aliphatic hydroxyl groups is 1. The van der Waals surface area contributed by atoms with Crippen LogP contribution in [-0.2, 0) is 0 Å². The summed E-state index contributed by atoms with van der Waals surface area (Å²) < 4.78 is 0. The molecule has 1 rings (SSSR count). The van der Waals surface area contributed by atoms with E-state index in [1.807, 2.05) is 6.08 Å². The number of allylic oxidation sites excluding steroid dienone is 5. The summed E-state index contributed by atoms with van der Waals surface area (Å²) >= 11 is 0. The Labute approximate surface area is 157 Å². The number of aliphatic hydroxyl groups excluding tert-OH is 1. The number of benzene rings is 1. The van der Waals surface area contributed by atoms with Crippen molar-refractivity contribution in [3.63, 3.8) is 0 Å². The number of aromatic carboxylic acids is 1. The molecule has 0 saturated heterocycles. The van der Waals surface area contributed by atoms with Crippen molar-refractivity contribution >= 4 is 11.7 Å². The molecule has 4 nitrogen and oxygen atoms in total.